The first-order valence-electron chi connectivity index (χ1n) is 8.67. The Morgan fingerprint density at radius 1 is 1.40 bits per heavy atom. The van der Waals surface area contributed by atoms with Crippen molar-refractivity contribution in [1.82, 2.24) is 14.8 Å². The van der Waals surface area contributed by atoms with E-state index in [-0.39, 0.29) is 23.3 Å². The molecule has 0 bridgehead atoms. The number of para-hydroxylation sites is 1. The Bertz CT molecular complexity index is 701. The Balaban J connectivity index is 1.60. The lowest BCUT2D eigenvalue weighted by Crippen LogP contribution is -2.56. The maximum absolute atomic E-state index is 12.9. The average Bonchev–Trinajstić information content (AvgIpc) is 2.96. The van der Waals surface area contributed by atoms with E-state index in [0.717, 1.165) is 34.2 Å². The van der Waals surface area contributed by atoms with Crippen molar-refractivity contribution < 1.29 is 9.90 Å². The van der Waals surface area contributed by atoms with Crippen molar-refractivity contribution in [3.8, 4) is 0 Å². The SMILES string of the molecule is C[C@H](O)CN1CCN(C(=O)[C@H](C)Sc2nc3ccccc3s2)[C@H](C)C1. The van der Waals surface area contributed by atoms with Gasteiger partial charge in [-0.05, 0) is 32.9 Å². The number of piperazine rings is 1. The molecule has 0 unspecified atom stereocenters. The molecule has 1 fully saturated rings. The standard InChI is InChI=1S/C18H25N3O2S2/c1-12-10-20(11-13(2)22)8-9-21(12)17(23)14(3)24-18-19-15-6-4-5-7-16(15)25-18/h4-7,12-14,22H,8-11H2,1-3H3/t12-,13+,14+/m1/s1. The molecule has 1 aliphatic heterocycles. The predicted octanol–water partition coefficient (Wildman–Crippen LogP) is 2.69. The lowest BCUT2D eigenvalue weighted by molar-refractivity contribution is -0.134. The minimum atomic E-state index is -0.331. The summed E-state index contributed by atoms with van der Waals surface area (Å²) in [7, 11) is 0. The minimum absolute atomic E-state index is 0.147. The topological polar surface area (TPSA) is 56.7 Å². The lowest BCUT2D eigenvalue weighted by atomic mass is 10.1. The molecule has 25 heavy (non-hydrogen) atoms. The number of aliphatic hydroxyl groups excluding tert-OH is 1. The Kier molecular flexibility index (Phi) is 5.99. The first-order valence-corrected chi connectivity index (χ1v) is 10.4. The molecule has 2 heterocycles. The number of hydrogen-bond donors (Lipinski definition) is 1. The number of carbonyl (C=O) groups is 1. The first-order chi connectivity index (χ1) is 11.9. The summed E-state index contributed by atoms with van der Waals surface area (Å²) >= 11 is 3.19. The van der Waals surface area contributed by atoms with Gasteiger partial charge >= 0.3 is 0 Å². The second-order valence-electron chi connectivity index (χ2n) is 6.70. The van der Waals surface area contributed by atoms with Crippen LogP contribution in [0.5, 0.6) is 0 Å². The second kappa shape index (κ2) is 8.03. The highest BCUT2D eigenvalue weighted by Crippen LogP contribution is 2.32. The molecule has 136 valence electrons. The van der Waals surface area contributed by atoms with Gasteiger partial charge in [-0.15, -0.1) is 11.3 Å². The maximum atomic E-state index is 12.9. The van der Waals surface area contributed by atoms with Gasteiger partial charge < -0.3 is 10.0 Å². The molecular formula is C18H25N3O2S2. The fourth-order valence-corrected chi connectivity index (χ4v) is 5.52. The van der Waals surface area contributed by atoms with Gasteiger partial charge in [-0.3, -0.25) is 9.69 Å². The summed E-state index contributed by atoms with van der Waals surface area (Å²) in [6.45, 7) is 8.88. The molecule has 0 aliphatic carbocycles. The number of amides is 1. The molecule has 3 rings (SSSR count). The highest BCUT2D eigenvalue weighted by Gasteiger charge is 2.31. The number of β-amino-alcohol motifs (C(OH)–C–C–N with tert-alkyl or cyclic N) is 1. The molecule has 1 aromatic heterocycles. The van der Waals surface area contributed by atoms with Crippen molar-refractivity contribution in [3.05, 3.63) is 24.3 Å². The van der Waals surface area contributed by atoms with Crippen molar-refractivity contribution in [3.63, 3.8) is 0 Å². The van der Waals surface area contributed by atoms with Gasteiger partial charge in [-0.2, -0.15) is 0 Å². The molecule has 0 spiro atoms. The number of aliphatic hydroxyl groups is 1. The van der Waals surface area contributed by atoms with E-state index in [2.05, 4.69) is 22.9 Å². The van der Waals surface area contributed by atoms with Crippen LogP contribution in [0.4, 0.5) is 0 Å². The molecule has 5 nitrogen and oxygen atoms in total. The number of aromatic nitrogens is 1. The zero-order valence-corrected chi connectivity index (χ0v) is 16.5. The van der Waals surface area contributed by atoms with Crippen LogP contribution in [0.15, 0.2) is 28.6 Å². The van der Waals surface area contributed by atoms with Crippen molar-refractivity contribution in [2.24, 2.45) is 0 Å². The second-order valence-corrected chi connectivity index (χ2v) is 9.32. The monoisotopic (exact) mass is 379 g/mol. The number of thiazole rings is 1. The quantitative estimate of drug-likeness (QED) is 0.810. The van der Waals surface area contributed by atoms with E-state index in [9.17, 15) is 9.90 Å². The molecule has 1 amide bonds. The van der Waals surface area contributed by atoms with E-state index in [0.29, 0.717) is 6.54 Å². The maximum Gasteiger partial charge on any atom is 0.236 e. The summed E-state index contributed by atoms with van der Waals surface area (Å²) in [5.41, 5.74) is 0.995. The zero-order chi connectivity index (χ0) is 18.0. The van der Waals surface area contributed by atoms with Gasteiger partial charge in [0, 0.05) is 32.2 Å². The van der Waals surface area contributed by atoms with Crippen LogP contribution in [-0.4, -0.2) is 69.4 Å². The lowest BCUT2D eigenvalue weighted by Gasteiger charge is -2.41. The third kappa shape index (κ3) is 4.53. The Hall–Kier alpha value is -1.15. The van der Waals surface area contributed by atoms with E-state index in [1.807, 2.05) is 30.0 Å². The van der Waals surface area contributed by atoms with E-state index in [4.69, 9.17) is 0 Å². The Morgan fingerprint density at radius 2 is 2.16 bits per heavy atom. The van der Waals surface area contributed by atoms with Crippen LogP contribution >= 0.6 is 23.1 Å². The van der Waals surface area contributed by atoms with Crippen LogP contribution in [0.2, 0.25) is 0 Å². The summed E-state index contributed by atoms with van der Waals surface area (Å²) in [4.78, 5) is 21.7. The van der Waals surface area contributed by atoms with Crippen LogP contribution in [-0.2, 0) is 4.79 Å². The molecule has 3 atom stereocenters. The van der Waals surface area contributed by atoms with Gasteiger partial charge in [0.25, 0.3) is 0 Å². The van der Waals surface area contributed by atoms with Crippen molar-refractivity contribution in [2.75, 3.05) is 26.2 Å². The number of thioether (sulfide) groups is 1. The fraction of sp³-hybridized carbons (Fsp3) is 0.556. The molecule has 0 saturated carbocycles. The van der Waals surface area contributed by atoms with Crippen LogP contribution < -0.4 is 0 Å². The van der Waals surface area contributed by atoms with Crippen molar-refractivity contribution in [2.45, 2.75) is 42.5 Å². The summed E-state index contributed by atoms with van der Waals surface area (Å²) in [6, 6.07) is 8.23. The molecular weight excluding hydrogens is 354 g/mol. The number of carbonyl (C=O) groups excluding carboxylic acids is 1. The van der Waals surface area contributed by atoms with Crippen molar-refractivity contribution in [1.29, 1.82) is 0 Å². The van der Waals surface area contributed by atoms with E-state index >= 15 is 0 Å². The van der Waals surface area contributed by atoms with E-state index in [1.54, 1.807) is 30.0 Å². The van der Waals surface area contributed by atoms with E-state index in [1.165, 1.54) is 0 Å². The molecule has 7 heteroatoms. The van der Waals surface area contributed by atoms with Crippen LogP contribution in [0.3, 0.4) is 0 Å². The average molecular weight is 380 g/mol. The molecule has 1 aliphatic rings. The molecule has 0 radical (unpaired) electrons. The Labute approximate surface area is 157 Å². The molecule has 1 saturated heterocycles. The van der Waals surface area contributed by atoms with Gasteiger partial charge in [0.1, 0.15) is 0 Å². The highest BCUT2D eigenvalue weighted by molar-refractivity contribution is 8.02. The number of rotatable bonds is 5. The molecule has 1 N–H and O–H groups in total. The van der Waals surface area contributed by atoms with Crippen LogP contribution in [0.1, 0.15) is 20.8 Å². The number of benzene rings is 1. The smallest absolute Gasteiger partial charge is 0.236 e. The third-order valence-electron chi connectivity index (χ3n) is 4.42. The van der Waals surface area contributed by atoms with Crippen molar-refractivity contribution >= 4 is 39.2 Å². The van der Waals surface area contributed by atoms with Gasteiger partial charge in [0.15, 0.2) is 4.34 Å². The normalized spacial score (nSPS) is 21.4. The number of fused-ring (bicyclic) bond motifs is 1. The largest absolute Gasteiger partial charge is 0.392 e. The fourth-order valence-electron chi connectivity index (χ4n) is 3.24. The third-order valence-corrected chi connectivity index (χ3v) is 6.63. The van der Waals surface area contributed by atoms with Gasteiger partial charge in [-0.1, -0.05) is 23.9 Å². The zero-order valence-electron chi connectivity index (χ0n) is 14.9. The predicted molar refractivity (Wildman–Crippen MR) is 104 cm³/mol. The summed E-state index contributed by atoms with van der Waals surface area (Å²) in [6.07, 6.45) is -0.331. The summed E-state index contributed by atoms with van der Waals surface area (Å²) in [5, 5.41) is 9.40. The van der Waals surface area contributed by atoms with Crippen LogP contribution in [0.25, 0.3) is 10.2 Å². The highest BCUT2D eigenvalue weighted by atomic mass is 32.2. The summed E-state index contributed by atoms with van der Waals surface area (Å²) < 4.78 is 2.10. The molecule has 1 aromatic carbocycles. The van der Waals surface area contributed by atoms with Gasteiger partial charge in [0.05, 0.1) is 21.6 Å². The Morgan fingerprint density at radius 3 is 2.84 bits per heavy atom. The van der Waals surface area contributed by atoms with Gasteiger partial charge in [0.2, 0.25) is 5.91 Å². The van der Waals surface area contributed by atoms with Gasteiger partial charge in [-0.25, -0.2) is 4.98 Å². The minimum Gasteiger partial charge on any atom is -0.392 e. The number of nitrogens with zero attached hydrogens (tertiary/aromatic N) is 3. The van der Waals surface area contributed by atoms with Crippen LogP contribution in [0, 0.1) is 0 Å². The molecule has 2 aromatic rings. The number of hydrogen-bond acceptors (Lipinski definition) is 6. The summed E-state index contributed by atoms with van der Waals surface area (Å²) in [5.74, 6) is 0.174. The first kappa shape index (κ1) is 18.6. The van der Waals surface area contributed by atoms with E-state index < -0.39 is 0 Å².